The maximum absolute atomic E-state index is 13.2. The summed E-state index contributed by atoms with van der Waals surface area (Å²) in [5, 5.41) is 7.71. The lowest BCUT2D eigenvalue weighted by molar-refractivity contribution is -0.163. The Morgan fingerprint density at radius 1 is 1.03 bits per heavy atom. The maximum Gasteiger partial charge on any atom is 0.411 e. The second-order valence-electron chi connectivity index (χ2n) is 9.62. The van der Waals surface area contributed by atoms with E-state index in [2.05, 4.69) is 38.0 Å². The van der Waals surface area contributed by atoms with Gasteiger partial charge in [0, 0.05) is 24.4 Å². The number of benzene rings is 2. The number of halogens is 4. The van der Waals surface area contributed by atoms with E-state index in [-0.39, 0.29) is 37.2 Å². The molecule has 0 radical (unpaired) electrons. The zero-order chi connectivity index (χ0) is 27.8. The maximum atomic E-state index is 13.2. The van der Waals surface area contributed by atoms with Gasteiger partial charge in [0.15, 0.2) is 0 Å². The minimum Gasteiger partial charge on any atom is -0.497 e. The summed E-state index contributed by atoms with van der Waals surface area (Å²) in [6.45, 7) is 0.554. The molecule has 0 aliphatic heterocycles. The van der Waals surface area contributed by atoms with Crippen LogP contribution in [0, 0.1) is 3.70 Å². The molecule has 0 saturated heterocycles. The number of fused-ring (bicyclic) bond motifs is 1. The summed E-state index contributed by atoms with van der Waals surface area (Å²) >= 11 is 2.19. The molecule has 0 spiro atoms. The third-order valence-electron chi connectivity index (χ3n) is 6.77. The molecule has 1 N–H and O–H groups in total. The number of methoxy groups -OCH3 is 1. The number of hydrogen-bond donors (Lipinski definition) is 1. The van der Waals surface area contributed by atoms with E-state index in [1.54, 1.807) is 13.2 Å². The van der Waals surface area contributed by atoms with Crippen LogP contribution in [0.3, 0.4) is 0 Å². The van der Waals surface area contributed by atoms with Gasteiger partial charge in [0.05, 0.1) is 19.2 Å². The zero-order valence-electron chi connectivity index (χ0n) is 20.9. The van der Waals surface area contributed by atoms with E-state index in [0.717, 1.165) is 31.5 Å². The number of rotatable bonds is 9. The van der Waals surface area contributed by atoms with Crippen LogP contribution in [0.25, 0.3) is 10.9 Å². The highest BCUT2D eigenvalue weighted by Crippen LogP contribution is 2.49. The molecule has 202 valence electrons. The van der Waals surface area contributed by atoms with Gasteiger partial charge in [-0.1, -0.05) is 18.2 Å². The number of hydrogen-bond acceptors (Lipinski definition) is 5. The van der Waals surface area contributed by atoms with Gasteiger partial charge < -0.3 is 10.1 Å². The summed E-state index contributed by atoms with van der Waals surface area (Å²) in [6, 6.07) is 16.5. The number of amides is 1. The molecule has 0 unspecified atom stereocenters. The second kappa shape index (κ2) is 10.6. The molecule has 1 amide bonds. The topological polar surface area (TPSA) is 86.1 Å². The number of nitrogens with one attached hydrogen (secondary N) is 1. The van der Waals surface area contributed by atoms with Crippen molar-refractivity contribution in [1.82, 2.24) is 20.1 Å². The molecule has 11 heteroatoms. The Balaban J connectivity index is 1.27. The highest BCUT2D eigenvalue weighted by atomic mass is 127. The molecule has 4 aromatic rings. The van der Waals surface area contributed by atoms with Gasteiger partial charge in [0.25, 0.3) is 5.91 Å². The van der Waals surface area contributed by atoms with Crippen LogP contribution < -0.4 is 10.1 Å². The second-order valence-corrected chi connectivity index (χ2v) is 10.6. The molecule has 0 atom stereocenters. The first-order valence-corrected chi connectivity index (χ1v) is 13.3. The molecular weight excluding hydrogens is 624 g/mol. The zero-order valence-corrected chi connectivity index (χ0v) is 23.0. The fourth-order valence-corrected chi connectivity index (χ4v) is 5.14. The minimum atomic E-state index is -4.51. The van der Waals surface area contributed by atoms with Crippen molar-refractivity contribution in [3.05, 3.63) is 86.9 Å². The molecule has 2 aromatic carbocycles. The lowest BCUT2D eigenvalue weighted by Gasteiger charge is -2.20. The van der Waals surface area contributed by atoms with E-state index in [4.69, 9.17) is 4.74 Å². The predicted molar refractivity (Wildman–Crippen MR) is 147 cm³/mol. The molecule has 2 heterocycles. The van der Waals surface area contributed by atoms with Crippen molar-refractivity contribution in [2.75, 3.05) is 7.11 Å². The molecule has 39 heavy (non-hydrogen) atoms. The van der Waals surface area contributed by atoms with Gasteiger partial charge in [-0.25, -0.2) is 0 Å². The van der Waals surface area contributed by atoms with Crippen LogP contribution in [0.1, 0.15) is 40.0 Å². The van der Waals surface area contributed by atoms with Crippen LogP contribution >= 0.6 is 22.6 Å². The first kappa shape index (κ1) is 27.1. The molecule has 5 rings (SSSR count). The van der Waals surface area contributed by atoms with Gasteiger partial charge in [0.2, 0.25) is 0 Å². The molecular formula is C28H24F3IN4O3. The number of alkyl halides is 3. The van der Waals surface area contributed by atoms with E-state index in [0.29, 0.717) is 12.1 Å². The summed E-state index contributed by atoms with van der Waals surface area (Å²) in [5.41, 5.74) is 0.966. The number of nitrogens with zero attached hydrogens (tertiary/aromatic N) is 3. The average molecular weight is 648 g/mol. The fraction of sp³-hybridized carbons (Fsp3) is 0.286. The van der Waals surface area contributed by atoms with Gasteiger partial charge in [0.1, 0.15) is 26.5 Å². The monoisotopic (exact) mass is 648 g/mol. The third kappa shape index (κ3) is 5.92. The Bertz CT molecular complexity index is 1550. The van der Waals surface area contributed by atoms with Gasteiger partial charge in [-0.15, -0.1) is 0 Å². The van der Waals surface area contributed by atoms with Crippen LogP contribution in [0.5, 0.6) is 5.75 Å². The van der Waals surface area contributed by atoms with E-state index in [9.17, 15) is 22.8 Å². The van der Waals surface area contributed by atoms with Crippen molar-refractivity contribution < 1.29 is 27.5 Å². The van der Waals surface area contributed by atoms with Crippen LogP contribution in [-0.2, 0) is 24.2 Å². The summed E-state index contributed by atoms with van der Waals surface area (Å²) < 4.78 is 47.6. The fourth-order valence-electron chi connectivity index (χ4n) is 4.43. The van der Waals surface area contributed by atoms with Gasteiger partial charge in [-0.2, -0.15) is 18.3 Å². The van der Waals surface area contributed by atoms with E-state index < -0.39 is 17.6 Å². The lowest BCUT2D eigenvalue weighted by atomic mass is 10.0. The Morgan fingerprint density at radius 3 is 2.33 bits per heavy atom. The van der Waals surface area contributed by atoms with Crippen LogP contribution in [0.2, 0.25) is 0 Å². The predicted octanol–water partition coefficient (Wildman–Crippen LogP) is 5.27. The summed E-state index contributed by atoms with van der Waals surface area (Å²) in [5.74, 6) is -0.226. The van der Waals surface area contributed by atoms with Gasteiger partial charge in [-0.3, -0.25) is 19.3 Å². The molecule has 1 fully saturated rings. The first-order chi connectivity index (χ1) is 18.6. The quantitative estimate of drug-likeness (QED) is 0.250. The van der Waals surface area contributed by atoms with Crippen molar-refractivity contribution >= 4 is 45.2 Å². The smallest absolute Gasteiger partial charge is 0.411 e. The Labute approximate surface area is 235 Å². The van der Waals surface area contributed by atoms with Gasteiger partial charge in [-0.05, 0) is 88.5 Å². The highest BCUT2D eigenvalue weighted by molar-refractivity contribution is 14.1. The summed E-state index contributed by atoms with van der Waals surface area (Å²) in [6.07, 6.45) is -3.31. The molecule has 1 saturated carbocycles. The number of pyridine rings is 1. The van der Waals surface area contributed by atoms with E-state index in [1.807, 2.05) is 47.1 Å². The molecule has 7 nitrogen and oxygen atoms in total. The van der Waals surface area contributed by atoms with Crippen molar-refractivity contribution in [3.8, 4) is 5.75 Å². The number of aromatic nitrogens is 3. The van der Waals surface area contributed by atoms with Crippen LogP contribution in [0.15, 0.2) is 60.8 Å². The minimum absolute atomic E-state index is 0.0217. The summed E-state index contributed by atoms with van der Waals surface area (Å²) in [7, 11) is 1.62. The summed E-state index contributed by atoms with van der Waals surface area (Å²) in [4.78, 5) is 29.2. The number of Topliss-reactive ketones (excluding diaryl/α,β-unsaturated/α-hetero) is 1. The van der Waals surface area contributed by atoms with Crippen molar-refractivity contribution in [2.45, 2.75) is 43.9 Å². The van der Waals surface area contributed by atoms with E-state index >= 15 is 0 Å². The Hall–Kier alpha value is -3.48. The number of carbonyl (C=O) groups excluding carboxylic acids is 2. The third-order valence-corrected chi connectivity index (χ3v) is 7.56. The Morgan fingerprint density at radius 2 is 1.69 bits per heavy atom. The first-order valence-electron chi connectivity index (χ1n) is 12.2. The normalized spacial score (nSPS) is 14.3. The van der Waals surface area contributed by atoms with Gasteiger partial charge >= 0.3 is 6.18 Å². The van der Waals surface area contributed by atoms with Crippen molar-refractivity contribution in [2.24, 2.45) is 0 Å². The number of carbonyl (C=O) groups is 2. The molecule has 1 aliphatic carbocycles. The SMILES string of the molecule is COc1ccc(Cn2nc(I)c3ccc(CC(=O)Cc4ccnc(C(=O)NC5(C(F)(F)F)CC5)c4)cc32)cc1. The largest absolute Gasteiger partial charge is 0.497 e. The van der Waals surface area contributed by atoms with Crippen LogP contribution in [0.4, 0.5) is 13.2 Å². The number of ketones is 1. The Kier molecular flexibility index (Phi) is 7.36. The van der Waals surface area contributed by atoms with Crippen molar-refractivity contribution in [1.29, 1.82) is 0 Å². The molecule has 2 aromatic heterocycles. The van der Waals surface area contributed by atoms with E-state index in [1.165, 1.54) is 12.3 Å². The lowest BCUT2D eigenvalue weighted by Crippen LogP contribution is -2.48. The van der Waals surface area contributed by atoms with Crippen molar-refractivity contribution in [3.63, 3.8) is 0 Å². The number of ether oxygens (including phenoxy) is 1. The standard InChI is InChI=1S/C28H24F3IN4O3/c1-39-21-5-2-17(3-6-21)16-36-24-15-18(4-7-22(24)25(32)35-36)12-20(37)13-19-8-11-33-23(14-19)26(38)34-27(9-10-27)28(29,30)31/h2-8,11,14-15H,9-10,12-13,16H2,1H3,(H,34,38). The van der Waals surface area contributed by atoms with Crippen LogP contribution in [-0.4, -0.2) is 45.3 Å². The average Bonchev–Trinajstić information content (AvgIpc) is 3.63. The molecule has 1 aliphatic rings. The molecule has 0 bridgehead atoms. The highest BCUT2D eigenvalue weighted by Gasteiger charge is 2.64.